The lowest BCUT2D eigenvalue weighted by atomic mass is 10.2. The summed E-state index contributed by atoms with van der Waals surface area (Å²) in [5.41, 5.74) is 8.17. The van der Waals surface area contributed by atoms with Crippen molar-refractivity contribution in [3.63, 3.8) is 0 Å². The molecule has 0 spiro atoms. The van der Waals surface area contributed by atoms with Gasteiger partial charge in [0, 0.05) is 39.3 Å². The maximum atomic E-state index is 12.5. The molecule has 0 aliphatic rings. The highest BCUT2D eigenvalue weighted by Crippen LogP contribution is 2.21. The van der Waals surface area contributed by atoms with E-state index in [-0.39, 0.29) is 36.3 Å². The minimum absolute atomic E-state index is 0.0285. The number of benzene rings is 1. The molecule has 49 heavy (non-hydrogen) atoms. The number of fused-ring (bicyclic) bond motifs is 1. The zero-order valence-electron chi connectivity index (χ0n) is 28.1. The summed E-state index contributed by atoms with van der Waals surface area (Å²) >= 11 is 0. The van der Waals surface area contributed by atoms with Gasteiger partial charge < -0.3 is 44.6 Å². The average molecular weight is 681 g/mol. The van der Waals surface area contributed by atoms with Crippen molar-refractivity contribution < 1.29 is 33.3 Å². The number of imidazole rings is 1. The first-order valence-corrected chi connectivity index (χ1v) is 15.9. The molecule has 0 aliphatic carbocycles. The van der Waals surface area contributed by atoms with E-state index in [2.05, 4.69) is 25.3 Å². The van der Waals surface area contributed by atoms with Crippen LogP contribution < -0.4 is 21.5 Å². The van der Waals surface area contributed by atoms with Crippen LogP contribution in [-0.2, 0) is 41.6 Å². The lowest BCUT2D eigenvalue weighted by Gasteiger charge is -2.17. The maximum Gasteiger partial charge on any atom is 0.328 e. The Hall–Kier alpha value is -4.90. The molecule has 0 saturated heterocycles. The van der Waals surface area contributed by atoms with Crippen LogP contribution in [0.4, 0.5) is 5.82 Å². The number of nitrogens with zero attached hydrogens (tertiary/aromatic N) is 5. The number of hydrogen-bond donors (Lipinski definition) is 3. The number of anilines is 1. The van der Waals surface area contributed by atoms with Crippen LogP contribution in [0.3, 0.4) is 0 Å². The van der Waals surface area contributed by atoms with Crippen molar-refractivity contribution in [3.05, 3.63) is 70.0 Å². The summed E-state index contributed by atoms with van der Waals surface area (Å²) < 4.78 is 29.1. The molecular weight excluding hydrogens is 636 g/mol. The second-order valence-electron chi connectivity index (χ2n) is 11.1. The average Bonchev–Trinajstić information content (AvgIpc) is 3.38. The Kier molecular flexibility index (Phi) is 14.5. The molecule has 4 aromatic rings. The molecule has 0 unspecified atom stereocenters. The topological polar surface area (TPSA) is 198 Å². The van der Waals surface area contributed by atoms with Gasteiger partial charge in [0.1, 0.15) is 17.1 Å². The van der Waals surface area contributed by atoms with Crippen LogP contribution >= 0.6 is 0 Å². The molecule has 0 radical (unpaired) electrons. The van der Waals surface area contributed by atoms with Crippen molar-refractivity contribution in [1.29, 1.82) is 0 Å². The van der Waals surface area contributed by atoms with Gasteiger partial charge in [0.05, 0.1) is 65.8 Å². The summed E-state index contributed by atoms with van der Waals surface area (Å²) in [5, 5.41) is 2.65. The molecule has 3 heterocycles. The van der Waals surface area contributed by atoms with Gasteiger partial charge in [-0.15, -0.1) is 0 Å². The van der Waals surface area contributed by atoms with Crippen molar-refractivity contribution in [2.24, 2.45) is 0 Å². The summed E-state index contributed by atoms with van der Waals surface area (Å²) in [6, 6.07) is 11.0. The van der Waals surface area contributed by atoms with Crippen LogP contribution in [-0.4, -0.2) is 108 Å². The van der Waals surface area contributed by atoms with Crippen molar-refractivity contribution in [2.75, 3.05) is 72.2 Å². The van der Waals surface area contributed by atoms with E-state index in [9.17, 15) is 14.4 Å². The monoisotopic (exact) mass is 680 g/mol. The molecule has 264 valence electrons. The highest BCUT2D eigenvalue weighted by atomic mass is 16.6. The van der Waals surface area contributed by atoms with Crippen molar-refractivity contribution >= 4 is 28.8 Å². The number of aromatic nitrogens is 5. The highest BCUT2D eigenvalue weighted by molar-refractivity contribution is 5.81. The zero-order chi connectivity index (χ0) is 35.0. The van der Waals surface area contributed by atoms with E-state index < -0.39 is 0 Å². The SMILES string of the molecule is CC(=O)NCCOCCOCCOCCOCCC(=O)N(C)Cc1ccc(Oc2ccc(Cn3c(=O)[nH]c4c(N)nc(C)nc43)cn2)cc1. The highest BCUT2D eigenvalue weighted by Gasteiger charge is 2.14. The molecular formula is C33H44N8O8. The number of carbonyl (C=O) groups excluding carboxylic acids is 2. The number of aryl methyl sites for hydroxylation is 1. The van der Waals surface area contributed by atoms with E-state index in [1.54, 1.807) is 31.1 Å². The third kappa shape index (κ3) is 12.2. The van der Waals surface area contributed by atoms with Gasteiger partial charge in [0.15, 0.2) is 11.5 Å². The Bertz CT molecular complexity index is 1690. The first-order chi connectivity index (χ1) is 23.7. The van der Waals surface area contributed by atoms with Crippen molar-refractivity contribution in [2.45, 2.75) is 33.4 Å². The van der Waals surface area contributed by atoms with E-state index in [0.717, 1.165) is 11.1 Å². The molecule has 16 heteroatoms. The third-order valence-electron chi connectivity index (χ3n) is 7.09. The molecule has 0 bridgehead atoms. The predicted molar refractivity (Wildman–Crippen MR) is 180 cm³/mol. The number of nitrogens with two attached hydrogens (primary N) is 1. The number of amides is 2. The zero-order valence-corrected chi connectivity index (χ0v) is 28.1. The normalized spacial score (nSPS) is 11.2. The summed E-state index contributed by atoms with van der Waals surface area (Å²) in [6.07, 6.45) is 1.90. The molecule has 0 aliphatic heterocycles. The van der Waals surface area contributed by atoms with E-state index in [1.807, 2.05) is 30.3 Å². The number of H-pyrrole nitrogens is 1. The Morgan fingerprint density at radius 3 is 2.16 bits per heavy atom. The Balaban J connectivity index is 1.08. The van der Waals surface area contributed by atoms with Gasteiger partial charge in [-0.3, -0.25) is 14.2 Å². The fourth-order valence-corrected chi connectivity index (χ4v) is 4.62. The van der Waals surface area contributed by atoms with Crippen molar-refractivity contribution in [1.82, 2.24) is 34.7 Å². The molecule has 2 amide bonds. The van der Waals surface area contributed by atoms with Crippen LogP contribution in [0.25, 0.3) is 11.2 Å². The molecule has 4 N–H and O–H groups in total. The summed E-state index contributed by atoms with van der Waals surface area (Å²) in [5.74, 6) is 1.59. The minimum atomic E-state index is -0.334. The first kappa shape index (κ1) is 36.9. The van der Waals surface area contributed by atoms with Crippen LogP contribution in [0.5, 0.6) is 11.6 Å². The lowest BCUT2D eigenvalue weighted by Crippen LogP contribution is -2.27. The second kappa shape index (κ2) is 19.2. The number of hydrogen-bond acceptors (Lipinski definition) is 12. The minimum Gasteiger partial charge on any atom is -0.439 e. The van der Waals surface area contributed by atoms with Crippen LogP contribution in [0, 0.1) is 6.92 Å². The number of ether oxygens (including phenoxy) is 5. The van der Waals surface area contributed by atoms with Crippen LogP contribution in [0.1, 0.15) is 30.3 Å². The number of nitrogen functional groups attached to an aromatic ring is 1. The Labute approximate surface area is 283 Å². The van der Waals surface area contributed by atoms with Gasteiger partial charge >= 0.3 is 5.69 Å². The molecule has 1 aromatic carbocycles. The Morgan fingerprint density at radius 1 is 0.898 bits per heavy atom. The summed E-state index contributed by atoms with van der Waals surface area (Å²) in [4.78, 5) is 53.0. The quantitative estimate of drug-likeness (QED) is 0.108. The van der Waals surface area contributed by atoms with Gasteiger partial charge in [-0.25, -0.2) is 19.7 Å². The van der Waals surface area contributed by atoms with Crippen LogP contribution in [0.2, 0.25) is 0 Å². The van der Waals surface area contributed by atoms with E-state index >= 15 is 0 Å². The van der Waals surface area contributed by atoms with Gasteiger partial charge in [0.25, 0.3) is 0 Å². The van der Waals surface area contributed by atoms with Gasteiger partial charge in [-0.2, -0.15) is 0 Å². The summed E-state index contributed by atoms with van der Waals surface area (Å²) in [7, 11) is 1.75. The number of aromatic amines is 1. The smallest absolute Gasteiger partial charge is 0.328 e. The van der Waals surface area contributed by atoms with Crippen LogP contribution in [0.15, 0.2) is 47.4 Å². The molecule has 0 fully saturated rings. The first-order valence-electron chi connectivity index (χ1n) is 15.9. The Morgan fingerprint density at radius 2 is 1.53 bits per heavy atom. The molecule has 4 rings (SSSR count). The van der Waals surface area contributed by atoms with Gasteiger partial charge in [0.2, 0.25) is 17.7 Å². The van der Waals surface area contributed by atoms with Crippen molar-refractivity contribution in [3.8, 4) is 11.6 Å². The van der Waals surface area contributed by atoms with Gasteiger partial charge in [-0.05, 0) is 30.2 Å². The number of carbonyl (C=O) groups is 2. The second-order valence-corrected chi connectivity index (χ2v) is 11.1. The molecule has 3 aromatic heterocycles. The molecule has 0 saturated carbocycles. The standard InChI is InChI=1S/C33H44N8O8/c1-23-37-31(34)30-32(38-23)41(33(44)39-30)22-26-6-9-28(36-20-26)49-27-7-4-25(5-8-27)21-40(3)29(43)10-12-45-14-16-47-18-19-48-17-15-46-13-11-35-24(2)42/h4-9,20H,10-19,21-22H2,1-3H3,(H,35,42)(H,39,44)(H2,34,37,38). The fraction of sp³-hybridized carbons (Fsp3) is 0.455. The maximum absolute atomic E-state index is 12.5. The predicted octanol–water partition coefficient (Wildman–Crippen LogP) is 1.80. The molecule has 0 atom stereocenters. The number of nitrogens with one attached hydrogen (secondary N) is 2. The molecule has 16 nitrogen and oxygen atoms in total. The fourth-order valence-electron chi connectivity index (χ4n) is 4.62. The lowest BCUT2D eigenvalue weighted by molar-refractivity contribution is -0.131. The van der Waals surface area contributed by atoms with E-state index in [1.165, 1.54) is 11.5 Å². The largest absolute Gasteiger partial charge is 0.439 e. The summed E-state index contributed by atoms with van der Waals surface area (Å²) in [6.45, 7) is 7.69. The third-order valence-corrected chi connectivity index (χ3v) is 7.09. The van der Waals surface area contributed by atoms with E-state index in [4.69, 9.17) is 29.4 Å². The number of pyridine rings is 1. The van der Waals surface area contributed by atoms with Gasteiger partial charge in [-0.1, -0.05) is 18.2 Å². The number of rotatable bonds is 21. The van der Waals surface area contributed by atoms with E-state index in [0.29, 0.717) is 94.6 Å².